The van der Waals surface area contributed by atoms with Crippen LogP contribution in [0.1, 0.15) is 75.3 Å². The molecule has 0 aliphatic heterocycles. The molecule has 0 radical (unpaired) electrons. The Balaban J connectivity index is 2.80. The summed E-state index contributed by atoms with van der Waals surface area (Å²) in [6.07, 6.45) is 1.22. The van der Waals surface area contributed by atoms with Crippen LogP contribution in [0, 0.1) is 37.5 Å². The Kier molecular flexibility index (Phi) is 3.60. The Morgan fingerprint density at radius 3 is 2.05 bits per heavy atom. The monoisotopic (exact) mass is 272 g/mol. The van der Waals surface area contributed by atoms with Gasteiger partial charge in [0.2, 0.25) is 0 Å². The molecule has 112 valence electrons. The van der Waals surface area contributed by atoms with E-state index in [9.17, 15) is 0 Å². The Morgan fingerprint density at radius 1 is 1.00 bits per heavy atom. The summed E-state index contributed by atoms with van der Waals surface area (Å²) in [5.74, 6) is 1.34. The third-order valence-electron chi connectivity index (χ3n) is 6.35. The van der Waals surface area contributed by atoms with Crippen LogP contribution in [0.25, 0.3) is 0 Å². The maximum absolute atomic E-state index is 2.48. The van der Waals surface area contributed by atoms with Crippen LogP contribution in [-0.4, -0.2) is 0 Å². The van der Waals surface area contributed by atoms with Crippen molar-refractivity contribution in [2.75, 3.05) is 0 Å². The zero-order chi connectivity index (χ0) is 15.5. The van der Waals surface area contributed by atoms with Crippen LogP contribution in [0.4, 0.5) is 0 Å². The smallest absolute Gasteiger partial charge is 0.00769 e. The highest BCUT2D eigenvalue weighted by Crippen LogP contribution is 2.59. The fraction of sp³-hybridized carbons (Fsp3) is 0.700. The zero-order valence-corrected chi connectivity index (χ0v) is 14.9. The van der Waals surface area contributed by atoms with Crippen molar-refractivity contribution in [1.82, 2.24) is 0 Å². The van der Waals surface area contributed by atoms with Crippen molar-refractivity contribution in [3.8, 4) is 0 Å². The maximum atomic E-state index is 2.48. The summed E-state index contributed by atoms with van der Waals surface area (Å²) < 4.78 is 0. The molecule has 0 spiro atoms. The van der Waals surface area contributed by atoms with Gasteiger partial charge in [0.1, 0.15) is 0 Å². The SMILES string of the molecule is Cc1cc(C)c2c(c1C)CC(C)(C)C(C)(C)C2C(C)C. The fourth-order valence-corrected chi connectivity index (χ4v) is 4.47. The molecule has 0 heterocycles. The van der Waals surface area contributed by atoms with E-state index in [0.29, 0.717) is 22.7 Å². The minimum atomic E-state index is 0.334. The van der Waals surface area contributed by atoms with Crippen LogP contribution in [0.2, 0.25) is 0 Å². The predicted octanol–water partition coefficient (Wildman–Crippen LogP) is 5.96. The van der Waals surface area contributed by atoms with E-state index in [-0.39, 0.29) is 0 Å². The first kappa shape index (κ1) is 15.6. The predicted molar refractivity (Wildman–Crippen MR) is 89.5 cm³/mol. The van der Waals surface area contributed by atoms with Gasteiger partial charge in [0.25, 0.3) is 0 Å². The van der Waals surface area contributed by atoms with E-state index in [1.165, 1.54) is 23.1 Å². The number of benzene rings is 1. The van der Waals surface area contributed by atoms with E-state index < -0.39 is 0 Å². The molecular weight excluding hydrogens is 240 g/mol. The van der Waals surface area contributed by atoms with Gasteiger partial charge < -0.3 is 0 Å². The summed E-state index contributed by atoms with van der Waals surface area (Å²) in [5, 5.41) is 0. The van der Waals surface area contributed by atoms with E-state index in [2.05, 4.69) is 68.4 Å². The van der Waals surface area contributed by atoms with Gasteiger partial charge in [-0.15, -0.1) is 0 Å². The maximum Gasteiger partial charge on any atom is -0.00769 e. The molecule has 1 unspecified atom stereocenters. The van der Waals surface area contributed by atoms with Gasteiger partial charge in [-0.05, 0) is 77.7 Å². The normalized spacial score (nSPS) is 23.8. The molecule has 1 aromatic rings. The Hall–Kier alpha value is -0.780. The van der Waals surface area contributed by atoms with Crippen molar-refractivity contribution in [3.63, 3.8) is 0 Å². The lowest BCUT2D eigenvalue weighted by Gasteiger charge is -2.54. The lowest BCUT2D eigenvalue weighted by molar-refractivity contribution is 0.0408. The van der Waals surface area contributed by atoms with Gasteiger partial charge in [-0.2, -0.15) is 0 Å². The standard InChI is InChI=1S/C20H32/c1-12(2)18-17-14(4)10-13(3)15(5)16(17)11-19(6,7)20(18,8)9/h10,12,18H,11H2,1-9H3. The highest BCUT2D eigenvalue weighted by atomic mass is 14.5. The van der Waals surface area contributed by atoms with E-state index in [0.717, 1.165) is 0 Å². The first-order chi connectivity index (χ1) is 9.00. The van der Waals surface area contributed by atoms with Crippen LogP contribution in [0.3, 0.4) is 0 Å². The summed E-state index contributed by atoms with van der Waals surface area (Å²) in [4.78, 5) is 0. The molecule has 1 aromatic carbocycles. The van der Waals surface area contributed by atoms with Crippen molar-refractivity contribution in [2.24, 2.45) is 16.7 Å². The van der Waals surface area contributed by atoms with Gasteiger partial charge in [0.15, 0.2) is 0 Å². The molecule has 0 saturated carbocycles. The summed E-state index contributed by atoms with van der Waals surface area (Å²) in [6, 6.07) is 2.40. The molecule has 0 fully saturated rings. The Labute approximate surface area is 126 Å². The van der Waals surface area contributed by atoms with Gasteiger partial charge in [-0.3, -0.25) is 0 Å². The van der Waals surface area contributed by atoms with E-state index in [4.69, 9.17) is 0 Å². The summed E-state index contributed by atoms with van der Waals surface area (Å²) >= 11 is 0. The largest absolute Gasteiger partial charge is 0.0622 e. The highest BCUT2D eigenvalue weighted by Gasteiger charge is 2.49. The average molecular weight is 272 g/mol. The molecule has 1 aliphatic carbocycles. The molecule has 0 nitrogen and oxygen atoms in total. The van der Waals surface area contributed by atoms with Crippen molar-refractivity contribution >= 4 is 0 Å². The van der Waals surface area contributed by atoms with E-state index in [1.54, 1.807) is 11.1 Å². The third-order valence-corrected chi connectivity index (χ3v) is 6.35. The minimum absolute atomic E-state index is 0.334. The molecule has 0 heteroatoms. The topological polar surface area (TPSA) is 0 Å². The number of fused-ring (bicyclic) bond motifs is 1. The van der Waals surface area contributed by atoms with Crippen LogP contribution >= 0.6 is 0 Å². The molecular formula is C20H32. The Bertz CT molecular complexity index is 529. The van der Waals surface area contributed by atoms with E-state index in [1.807, 2.05) is 0 Å². The summed E-state index contributed by atoms with van der Waals surface area (Å²) in [6.45, 7) is 21.6. The quantitative estimate of drug-likeness (QED) is 0.591. The number of aryl methyl sites for hydroxylation is 2. The third kappa shape index (κ3) is 2.03. The second-order valence-electron chi connectivity index (χ2n) is 8.53. The first-order valence-electron chi connectivity index (χ1n) is 8.10. The van der Waals surface area contributed by atoms with Gasteiger partial charge in [-0.25, -0.2) is 0 Å². The van der Waals surface area contributed by atoms with Crippen LogP contribution in [-0.2, 0) is 6.42 Å². The Morgan fingerprint density at radius 2 is 1.55 bits per heavy atom. The molecule has 0 saturated heterocycles. The second kappa shape index (κ2) is 4.61. The number of hydrogen-bond acceptors (Lipinski definition) is 0. The molecule has 0 N–H and O–H groups in total. The molecule has 1 aliphatic rings. The van der Waals surface area contributed by atoms with Crippen molar-refractivity contribution in [3.05, 3.63) is 33.9 Å². The molecule has 2 rings (SSSR count). The molecule has 0 bridgehead atoms. The lowest BCUT2D eigenvalue weighted by Crippen LogP contribution is -2.46. The second-order valence-corrected chi connectivity index (χ2v) is 8.53. The van der Waals surface area contributed by atoms with Crippen molar-refractivity contribution in [2.45, 2.75) is 74.7 Å². The van der Waals surface area contributed by atoms with Gasteiger partial charge in [-0.1, -0.05) is 47.6 Å². The van der Waals surface area contributed by atoms with Crippen molar-refractivity contribution < 1.29 is 0 Å². The first-order valence-corrected chi connectivity index (χ1v) is 8.10. The zero-order valence-electron chi connectivity index (χ0n) is 14.9. The van der Waals surface area contributed by atoms with Gasteiger partial charge in [0, 0.05) is 0 Å². The minimum Gasteiger partial charge on any atom is -0.0622 e. The summed E-state index contributed by atoms with van der Waals surface area (Å²) in [7, 11) is 0. The van der Waals surface area contributed by atoms with Crippen molar-refractivity contribution in [1.29, 1.82) is 0 Å². The van der Waals surface area contributed by atoms with Crippen LogP contribution in [0.5, 0.6) is 0 Å². The average Bonchev–Trinajstić information content (AvgIpc) is 2.27. The van der Waals surface area contributed by atoms with Crippen LogP contribution < -0.4 is 0 Å². The summed E-state index contributed by atoms with van der Waals surface area (Å²) in [5.41, 5.74) is 8.48. The molecule has 0 aromatic heterocycles. The van der Waals surface area contributed by atoms with Crippen LogP contribution in [0.15, 0.2) is 6.07 Å². The fourth-order valence-electron chi connectivity index (χ4n) is 4.47. The number of hydrogen-bond donors (Lipinski definition) is 0. The lowest BCUT2D eigenvalue weighted by atomic mass is 9.50. The van der Waals surface area contributed by atoms with Gasteiger partial charge in [0.05, 0.1) is 0 Å². The number of rotatable bonds is 1. The molecule has 1 atom stereocenters. The molecule has 20 heavy (non-hydrogen) atoms. The highest BCUT2D eigenvalue weighted by molar-refractivity contribution is 5.50. The van der Waals surface area contributed by atoms with Gasteiger partial charge >= 0.3 is 0 Å². The molecule has 0 amide bonds. The van der Waals surface area contributed by atoms with E-state index >= 15 is 0 Å².